The van der Waals surface area contributed by atoms with Gasteiger partial charge >= 0.3 is 0 Å². The summed E-state index contributed by atoms with van der Waals surface area (Å²) in [5.74, 6) is -0.200. The van der Waals surface area contributed by atoms with Crippen LogP contribution < -0.4 is 5.32 Å². The molecule has 0 saturated carbocycles. The van der Waals surface area contributed by atoms with Gasteiger partial charge in [-0.3, -0.25) is 4.90 Å². The van der Waals surface area contributed by atoms with Crippen molar-refractivity contribution in [2.75, 3.05) is 32.8 Å². The Morgan fingerprint density at radius 1 is 1.53 bits per heavy atom. The van der Waals surface area contributed by atoms with Gasteiger partial charge in [-0.25, -0.2) is 4.39 Å². The van der Waals surface area contributed by atoms with Gasteiger partial charge in [0.1, 0.15) is 5.82 Å². The van der Waals surface area contributed by atoms with Gasteiger partial charge in [0.05, 0.1) is 17.7 Å². The van der Waals surface area contributed by atoms with Gasteiger partial charge in [0.15, 0.2) is 0 Å². The van der Waals surface area contributed by atoms with Crippen LogP contribution in [0.4, 0.5) is 4.39 Å². The van der Waals surface area contributed by atoms with Crippen LogP contribution in [-0.4, -0.2) is 43.8 Å². The van der Waals surface area contributed by atoms with E-state index in [9.17, 15) is 4.39 Å². The second-order valence-corrected chi connectivity index (χ2v) is 5.51. The van der Waals surface area contributed by atoms with Crippen molar-refractivity contribution in [3.8, 4) is 0 Å². The molecule has 1 unspecified atom stereocenters. The molecule has 2 rings (SSSR count). The van der Waals surface area contributed by atoms with Crippen LogP contribution in [-0.2, 0) is 11.3 Å². The van der Waals surface area contributed by atoms with Crippen molar-refractivity contribution in [2.24, 2.45) is 0 Å². The first-order chi connectivity index (χ1) is 9.22. The molecule has 0 bridgehead atoms. The van der Waals surface area contributed by atoms with Crippen LogP contribution in [0.3, 0.4) is 0 Å². The van der Waals surface area contributed by atoms with Crippen LogP contribution in [0.5, 0.6) is 0 Å². The molecule has 0 amide bonds. The third-order valence-corrected chi connectivity index (χ3v) is 4.27. The fraction of sp³-hybridized carbons (Fsp3) is 0.571. The van der Waals surface area contributed by atoms with Crippen molar-refractivity contribution in [1.29, 1.82) is 0 Å². The molecule has 19 heavy (non-hydrogen) atoms. The van der Waals surface area contributed by atoms with E-state index < -0.39 is 0 Å². The lowest BCUT2D eigenvalue weighted by Gasteiger charge is -2.36. The summed E-state index contributed by atoms with van der Waals surface area (Å²) in [6.07, 6.45) is 0. The first-order valence-corrected chi connectivity index (χ1v) is 7.47. The number of ether oxygens (including phenoxy) is 1. The highest BCUT2D eigenvalue weighted by Gasteiger charge is 2.23. The smallest absolute Gasteiger partial charge is 0.137 e. The van der Waals surface area contributed by atoms with E-state index in [2.05, 4.69) is 33.1 Å². The Balaban J connectivity index is 2.04. The molecule has 0 radical (unpaired) electrons. The first-order valence-electron chi connectivity index (χ1n) is 6.67. The topological polar surface area (TPSA) is 24.5 Å². The predicted octanol–water partition coefficient (Wildman–Crippen LogP) is 2.40. The Kier molecular flexibility index (Phi) is 5.76. The maximum atomic E-state index is 13.5. The van der Waals surface area contributed by atoms with Gasteiger partial charge in [0, 0.05) is 25.7 Å². The molecule has 1 fully saturated rings. The Hall–Kier alpha value is -0.490. The number of nitrogens with one attached hydrogen (secondary N) is 1. The summed E-state index contributed by atoms with van der Waals surface area (Å²) in [4.78, 5) is 2.35. The molecule has 1 atom stereocenters. The van der Waals surface area contributed by atoms with Crippen LogP contribution in [0, 0.1) is 5.82 Å². The Morgan fingerprint density at radius 3 is 3.16 bits per heavy atom. The standard InChI is InChI=1S/C14H20BrFN2O/c1-2-17-8-12-10-19-7-6-18(12)9-11-4-3-5-13(16)14(11)15/h3-5,12,17H,2,6-10H2,1H3. The molecule has 3 nitrogen and oxygen atoms in total. The molecule has 1 saturated heterocycles. The maximum absolute atomic E-state index is 13.5. The highest BCUT2D eigenvalue weighted by atomic mass is 79.9. The molecule has 1 aliphatic rings. The quantitative estimate of drug-likeness (QED) is 0.897. The Morgan fingerprint density at radius 2 is 2.37 bits per heavy atom. The molecule has 0 spiro atoms. The SMILES string of the molecule is CCNCC1COCCN1Cc1cccc(F)c1Br. The van der Waals surface area contributed by atoms with Gasteiger partial charge in [-0.15, -0.1) is 0 Å². The molecule has 1 N–H and O–H groups in total. The van der Waals surface area contributed by atoms with Gasteiger partial charge < -0.3 is 10.1 Å². The van der Waals surface area contributed by atoms with E-state index in [1.54, 1.807) is 6.07 Å². The second kappa shape index (κ2) is 7.33. The van der Waals surface area contributed by atoms with Gasteiger partial charge in [0.25, 0.3) is 0 Å². The first kappa shape index (κ1) is 14.9. The zero-order valence-corrected chi connectivity index (χ0v) is 12.7. The molecule has 5 heteroatoms. The van der Waals surface area contributed by atoms with Crippen LogP contribution in [0.15, 0.2) is 22.7 Å². The number of rotatable bonds is 5. The van der Waals surface area contributed by atoms with Crippen LogP contribution in [0.2, 0.25) is 0 Å². The molecule has 1 aliphatic heterocycles. The van der Waals surface area contributed by atoms with E-state index in [1.807, 2.05) is 6.07 Å². The van der Waals surface area contributed by atoms with Crippen molar-refractivity contribution in [1.82, 2.24) is 10.2 Å². The fourth-order valence-corrected chi connectivity index (χ4v) is 2.68. The third kappa shape index (κ3) is 3.99. The molecule has 1 aromatic carbocycles. The molecule has 1 aromatic rings. The van der Waals surface area contributed by atoms with Crippen molar-refractivity contribution >= 4 is 15.9 Å². The fourth-order valence-electron chi connectivity index (χ4n) is 2.29. The van der Waals surface area contributed by atoms with Crippen molar-refractivity contribution in [3.05, 3.63) is 34.1 Å². The lowest BCUT2D eigenvalue weighted by Crippen LogP contribution is -2.49. The number of halogens is 2. The average Bonchev–Trinajstić information content (AvgIpc) is 2.43. The molecule has 106 valence electrons. The molecular formula is C14H20BrFN2O. The van der Waals surface area contributed by atoms with Crippen LogP contribution >= 0.6 is 15.9 Å². The zero-order valence-electron chi connectivity index (χ0n) is 11.2. The lowest BCUT2D eigenvalue weighted by molar-refractivity contribution is -0.0108. The molecule has 0 aromatic heterocycles. The summed E-state index contributed by atoms with van der Waals surface area (Å²) in [7, 11) is 0. The largest absolute Gasteiger partial charge is 0.378 e. The van der Waals surface area contributed by atoms with Crippen molar-refractivity contribution < 1.29 is 9.13 Å². The summed E-state index contributed by atoms with van der Waals surface area (Å²) in [6, 6.07) is 5.55. The van der Waals surface area contributed by atoms with Crippen molar-refractivity contribution in [2.45, 2.75) is 19.5 Å². The molecule has 0 aliphatic carbocycles. The summed E-state index contributed by atoms with van der Waals surface area (Å²) in [5, 5.41) is 3.35. The highest BCUT2D eigenvalue weighted by molar-refractivity contribution is 9.10. The number of likely N-dealkylation sites (N-methyl/N-ethyl adjacent to an activating group) is 1. The number of morpholine rings is 1. The number of benzene rings is 1. The van der Waals surface area contributed by atoms with E-state index in [4.69, 9.17) is 4.74 Å². The van der Waals surface area contributed by atoms with Gasteiger partial charge in [-0.05, 0) is 34.1 Å². The van der Waals surface area contributed by atoms with E-state index in [0.717, 1.165) is 45.0 Å². The van der Waals surface area contributed by atoms with Crippen molar-refractivity contribution in [3.63, 3.8) is 0 Å². The minimum Gasteiger partial charge on any atom is -0.378 e. The lowest BCUT2D eigenvalue weighted by atomic mass is 10.1. The zero-order chi connectivity index (χ0) is 13.7. The number of hydrogen-bond donors (Lipinski definition) is 1. The normalized spacial score (nSPS) is 20.7. The summed E-state index contributed by atoms with van der Waals surface area (Å²) < 4.78 is 19.6. The van der Waals surface area contributed by atoms with Crippen LogP contribution in [0.25, 0.3) is 0 Å². The minimum atomic E-state index is -0.200. The molecule has 1 heterocycles. The summed E-state index contributed by atoms with van der Waals surface area (Å²) >= 11 is 3.33. The number of hydrogen-bond acceptors (Lipinski definition) is 3. The van der Waals surface area contributed by atoms with Gasteiger partial charge in [0.2, 0.25) is 0 Å². The van der Waals surface area contributed by atoms with E-state index >= 15 is 0 Å². The van der Waals surface area contributed by atoms with Gasteiger partial charge in [-0.1, -0.05) is 19.1 Å². The van der Waals surface area contributed by atoms with E-state index in [1.165, 1.54) is 6.07 Å². The number of nitrogens with zero attached hydrogens (tertiary/aromatic N) is 1. The van der Waals surface area contributed by atoms with Gasteiger partial charge in [-0.2, -0.15) is 0 Å². The summed E-state index contributed by atoms with van der Waals surface area (Å²) in [5.41, 5.74) is 0.989. The summed E-state index contributed by atoms with van der Waals surface area (Å²) in [6.45, 7) is 7.07. The molecular weight excluding hydrogens is 311 g/mol. The Labute approximate surface area is 122 Å². The average molecular weight is 331 g/mol. The highest BCUT2D eigenvalue weighted by Crippen LogP contribution is 2.23. The third-order valence-electron chi connectivity index (χ3n) is 3.38. The van der Waals surface area contributed by atoms with Crippen LogP contribution in [0.1, 0.15) is 12.5 Å². The van der Waals surface area contributed by atoms with E-state index in [0.29, 0.717) is 10.5 Å². The second-order valence-electron chi connectivity index (χ2n) is 4.72. The predicted molar refractivity (Wildman–Crippen MR) is 77.7 cm³/mol. The Bertz CT molecular complexity index is 416. The van der Waals surface area contributed by atoms with E-state index in [-0.39, 0.29) is 5.82 Å². The minimum absolute atomic E-state index is 0.200. The monoisotopic (exact) mass is 330 g/mol. The maximum Gasteiger partial charge on any atom is 0.137 e.